The number of piperidine rings is 1. The smallest absolute Gasteiger partial charge is 0.306 e. The Bertz CT molecular complexity index is 716. The molecule has 1 aromatic carbocycles. The summed E-state index contributed by atoms with van der Waals surface area (Å²) in [6.07, 6.45) is 2.60. The first-order valence-corrected chi connectivity index (χ1v) is 7.70. The summed E-state index contributed by atoms with van der Waals surface area (Å²) in [5, 5.41) is 13.4. The third kappa shape index (κ3) is 2.97. The molecule has 0 unspecified atom stereocenters. The van der Waals surface area contributed by atoms with Gasteiger partial charge in [0, 0.05) is 13.1 Å². The summed E-state index contributed by atoms with van der Waals surface area (Å²) in [4.78, 5) is 25.4. The summed E-state index contributed by atoms with van der Waals surface area (Å²) in [6.45, 7) is 2.83. The normalized spacial score (nSPS) is 15.6. The van der Waals surface area contributed by atoms with E-state index >= 15 is 0 Å². The number of aliphatic carboxylic acids is 1. The van der Waals surface area contributed by atoms with E-state index in [1.54, 1.807) is 15.8 Å². The quantitative estimate of drug-likeness (QED) is 0.942. The number of rotatable bonds is 3. The Morgan fingerprint density at radius 2 is 1.83 bits per heavy atom. The van der Waals surface area contributed by atoms with Crippen LogP contribution in [0.4, 0.5) is 0 Å². The van der Waals surface area contributed by atoms with Crippen molar-refractivity contribution in [1.29, 1.82) is 0 Å². The topological polar surface area (TPSA) is 75.4 Å². The number of nitrogens with zero attached hydrogens (tertiary/aromatic N) is 3. The molecule has 1 aliphatic heterocycles. The summed E-state index contributed by atoms with van der Waals surface area (Å²) >= 11 is 0. The molecule has 1 fully saturated rings. The standard InChI is InChI=1S/C17H19N3O3/c1-12-15(11-18-20(12)14-5-3-2-4-6-14)16(21)19-9-7-13(8-10-19)17(22)23/h2-6,11,13H,7-10H2,1H3,(H,22,23). The summed E-state index contributed by atoms with van der Waals surface area (Å²) < 4.78 is 1.75. The van der Waals surface area contributed by atoms with Crippen LogP contribution in [0.15, 0.2) is 36.5 Å². The van der Waals surface area contributed by atoms with Crippen molar-refractivity contribution < 1.29 is 14.7 Å². The molecule has 1 amide bonds. The van der Waals surface area contributed by atoms with Crippen molar-refractivity contribution in [3.63, 3.8) is 0 Å². The van der Waals surface area contributed by atoms with Crippen LogP contribution in [0.3, 0.4) is 0 Å². The number of carbonyl (C=O) groups is 2. The molecule has 2 heterocycles. The maximum atomic E-state index is 12.7. The average Bonchev–Trinajstić information content (AvgIpc) is 2.96. The van der Waals surface area contributed by atoms with Crippen LogP contribution in [-0.2, 0) is 4.79 Å². The van der Waals surface area contributed by atoms with Crippen LogP contribution in [0.1, 0.15) is 28.9 Å². The van der Waals surface area contributed by atoms with Crippen molar-refractivity contribution in [2.45, 2.75) is 19.8 Å². The number of hydrogen-bond acceptors (Lipinski definition) is 3. The molecule has 0 saturated carbocycles. The Morgan fingerprint density at radius 1 is 1.17 bits per heavy atom. The highest BCUT2D eigenvalue weighted by Crippen LogP contribution is 2.21. The largest absolute Gasteiger partial charge is 0.481 e. The van der Waals surface area contributed by atoms with Gasteiger partial charge in [0.1, 0.15) is 0 Å². The van der Waals surface area contributed by atoms with Crippen molar-refractivity contribution in [1.82, 2.24) is 14.7 Å². The van der Waals surface area contributed by atoms with Gasteiger partial charge < -0.3 is 10.0 Å². The fraction of sp³-hybridized carbons (Fsp3) is 0.353. The molecule has 1 aliphatic rings. The molecule has 6 nitrogen and oxygen atoms in total. The third-order valence-electron chi connectivity index (χ3n) is 4.37. The molecular weight excluding hydrogens is 294 g/mol. The van der Waals surface area contributed by atoms with Crippen LogP contribution in [0, 0.1) is 12.8 Å². The lowest BCUT2D eigenvalue weighted by Crippen LogP contribution is -2.40. The molecule has 0 atom stereocenters. The number of carboxylic acids is 1. The minimum Gasteiger partial charge on any atom is -0.481 e. The molecule has 23 heavy (non-hydrogen) atoms. The molecule has 6 heteroatoms. The Labute approximate surface area is 134 Å². The fourth-order valence-electron chi connectivity index (χ4n) is 2.95. The maximum Gasteiger partial charge on any atom is 0.306 e. The molecule has 120 valence electrons. The van der Waals surface area contributed by atoms with Gasteiger partial charge in [0.25, 0.3) is 5.91 Å². The van der Waals surface area contributed by atoms with Gasteiger partial charge >= 0.3 is 5.97 Å². The van der Waals surface area contributed by atoms with E-state index in [9.17, 15) is 9.59 Å². The number of hydrogen-bond donors (Lipinski definition) is 1. The minimum absolute atomic E-state index is 0.0754. The average molecular weight is 313 g/mol. The van der Waals surface area contributed by atoms with Gasteiger partial charge in [-0.15, -0.1) is 0 Å². The number of para-hydroxylation sites is 1. The van der Waals surface area contributed by atoms with E-state index in [2.05, 4.69) is 5.10 Å². The van der Waals surface area contributed by atoms with Crippen molar-refractivity contribution in [3.8, 4) is 5.69 Å². The highest BCUT2D eigenvalue weighted by atomic mass is 16.4. The van der Waals surface area contributed by atoms with Gasteiger partial charge in [0.2, 0.25) is 0 Å². The van der Waals surface area contributed by atoms with Crippen LogP contribution in [0.25, 0.3) is 5.69 Å². The monoisotopic (exact) mass is 313 g/mol. The van der Waals surface area contributed by atoms with E-state index < -0.39 is 5.97 Å². The lowest BCUT2D eigenvalue weighted by molar-refractivity contribution is -0.143. The third-order valence-corrected chi connectivity index (χ3v) is 4.37. The molecule has 0 spiro atoms. The van der Waals surface area contributed by atoms with E-state index in [4.69, 9.17) is 5.11 Å². The van der Waals surface area contributed by atoms with Gasteiger partial charge in [0.05, 0.1) is 29.1 Å². The van der Waals surface area contributed by atoms with Gasteiger partial charge in [0.15, 0.2) is 0 Å². The molecule has 0 aliphatic carbocycles. The van der Waals surface area contributed by atoms with E-state index in [1.165, 1.54) is 0 Å². The second-order valence-corrected chi connectivity index (χ2v) is 5.80. The molecule has 1 aromatic heterocycles. The first kappa shape index (κ1) is 15.3. The number of carboxylic acid groups (broad SMARTS) is 1. The number of carbonyl (C=O) groups excluding carboxylic acids is 1. The predicted molar refractivity (Wildman–Crippen MR) is 84.6 cm³/mol. The maximum absolute atomic E-state index is 12.7. The first-order valence-electron chi connectivity index (χ1n) is 7.70. The minimum atomic E-state index is -0.773. The molecular formula is C17H19N3O3. The predicted octanol–water partition coefficient (Wildman–Crippen LogP) is 2.12. The zero-order chi connectivity index (χ0) is 16.4. The highest BCUT2D eigenvalue weighted by Gasteiger charge is 2.29. The van der Waals surface area contributed by atoms with Crippen LogP contribution < -0.4 is 0 Å². The number of benzene rings is 1. The molecule has 0 bridgehead atoms. The molecule has 0 radical (unpaired) electrons. The van der Waals surface area contributed by atoms with Gasteiger partial charge in [-0.2, -0.15) is 5.10 Å². The summed E-state index contributed by atoms with van der Waals surface area (Å²) in [7, 11) is 0. The molecule has 1 N–H and O–H groups in total. The molecule has 3 rings (SSSR count). The van der Waals surface area contributed by atoms with Crippen LogP contribution >= 0.6 is 0 Å². The molecule has 2 aromatic rings. The Balaban J connectivity index is 1.77. The lowest BCUT2D eigenvalue weighted by Gasteiger charge is -2.30. The lowest BCUT2D eigenvalue weighted by atomic mass is 9.96. The van der Waals surface area contributed by atoms with Gasteiger partial charge in [-0.25, -0.2) is 4.68 Å². The second kappa shape index (κ2) is 6.24. The SMILES string of the molecule is Cc1c(C(=O)N2CCC(C(=O)O)CC2)cnn1-c1ccccc1. The summed E-state index contributed by atoms with van der Waals surface area (Å²) in [5.74, 6) is -1.19. The van der Waals surface area contributed by atoms with Crippen LogP contribution in [0.2, 0.25) is 0 Å². The number of likely N-dealkylation sites (tertiary alicyclic amines) is 1. The van der Waals surface area contributed by atoms with Gasteiger partial charge in [-0.1, -0.05) is 18.2 Å². The zero-order valence-corrected chi connectivity index (χ0v) is 13.0. The van der Waals surface area contributed by atoms with E-state index in [1.807, 2.05) is 37.3 Å². The Morgan fingerprint density at radius 3 is 2.43 bits per heavy atom. The van der Waals surface area contributed by atoms with Gasteiger partial charge in [-0.3, -0.25) is 9.59 Å². The fourth-order valence-corrected chi connectivity index (χ4v) is 2.95. The summed E-state index contributed by atoms with van der Waals surface area (Å²) in [5.41, 5.74) is 2.28. The van der Waals surface area contributed by atoms with Crippen molar-refractivity contribution >= 4 is 11.9 Å². The highest BCUT2D eigenvalue weighted by molar-refractivity contribution is 5.95. The van der Waals surface area contributed by atoms with Crippen molar-refractivity contribution in [2.75, 3.05) is 13.1 Å². The zero-order valence-electron chi connectivity index (χ0n) is 13.0. The van der Waals surface area contributed by atoms with E-state index in [0.29, 0.717) is 31.5 Å². The van der Waals surface area contributed by atoms with Gasteiger partial charge in [-0.05, 0) is 31.9 Å². The van der Waals surface area contributed by atoms with E-state index in [0.717, 1.165) is 11.4 Å². The van der Waals surface area contributed by atoms with Crippen LogP contribution in [-0.4, -0.2) is 44.8 Å². The van der Waals surface area contributed by atoms with Crippen LogP contribution in [0.5, 0.6) is 0 Å². The second-order valence-electron chi connectivity index (χ2n) is 5.80. The summed E-state index contributed by atoms with van der Waals surface area (Å²) in [6, 6.07) is 9.66. The Hall–Kier alpha value is -2.63. The first-order chi connectivity index (χ1) is 11.1. The molecule has 1 saturated heterocycles. The number of amides is 1. The van der Waals surface area contributed by atoms with E-state index in [-0.39, 0.29) is 11.8 Å². The van der Waals surface area contributed by atoms with Crippen molar-refractivity contribution in [2.24, 2.45) is 5.92 Å². The Kier molecular flexibility index (Phi) is 4.14. The number of aromatic nitrogens is 2. The van der Waals surface area contributed by atoms with Crippen molar-refractivity contribution in [3.05, 3.63) is 47.8 Å².